The van der Waals surface area contributed by atoms with Crippen LogP contribution in [0.1, 0.15) is 25.0 Å². The van der Waals surface area contributed by atoms with Gasteiger partial charge in [-0.2, -0.15) is 0 Å². The van der Waals surface area contributed by atoms with E-state index in [1.54, 1.807) is 0 Å². The lowest BCUT2D eigenvalue weighted by Gasteiger charge is -2.45. The van der Waals surface area contributed by atoms with E-state index >= 15 is 0 Å². The summed E-state index contributed by atoms with van der Waals surface area (Å²) in [5.74, 6) is 0. The summed E-state index contributed by atoms with van der Waals surface area (Å²) in [6.07, 6.45) is 0. The normalized spacial score (nSPS) is 14.1. The van der Waals surface area contributed by atoms with Gasteiger partial charge in [0.15, 0.2) is 0 Å². The minimum atomic E-state index is -0.266. The van der Waals surface area contributed by atoms with E-state index in [2.05, 4.69) is 195 Å². The molecule has 0 atom stereocenters. The standard InChI is InChI=1S/C49H35B2NO2/c1-49(2)39-22-10-12-24-41(39)52(42-25-13-11-23-40(42)49)51-46-38-21-9-15-27-44(38)53-47(46)50(45-37-20-8-14-26-43(37)54-48(45)51)34-30-28-33(29-31-34)36-19-7-6-18-35(36)32-16-4-3-5-17-32/h3-31H,1-2H3. The van der Waals surface area contributed by atoms with Gasteiger partial charge >= 0.3 is 6.85 Å². The molecule has 0 radical (unpaired) electrons. The fourth-order valence-corrected chi connectivity index (χ4v) is 9.43. The maximum absolute atomic E-state index is 7.14. The van der Waals surface area contributed by atoms with Crippen LogP contribution in [0.25, 0.3) is 44.2 Å². The van der Waals surface area contributed by atoms with Crippen molar-refractivity contribution >= 4 is 74.6 Å². The Morgan fingerprint density at radius 3 is 1.56 bits per heavy atom. The highest BCUT2D eigenvalue weighted by molar-refractivity contribution is 7.09. The van der Waals surface area contributed by atoms with E-state index < -0.39 is 0 Å². The van der Waals surface area contributed by atoms with Gasteiger partial charge in [-0.25, -0.2) is 0 Å². The molecule has 0 saturated carbocycles. The number of para-hydroxylation sites is 4. The molecule has 54 heavy (non-hydrogen) atoms. The van der Waals surface area contributed by atoms with Crippen molar-refractivity contribution in [3.63, 3.8) is 0 Å². The number of hydrogen-bond acceptors (Lipinski definition) is 3. The smallest absolute Gasteiger partial charge is 0.372 e. The molecule has 2 aliphatic rings. The van der Waals surface area contributed by atoms with Crippen molar-refractivity contribution < 1.29 is 8.83 Å². The van der Waals surface area contributed by atoms with Gasteiger partial charge in [0.25, 0.3) is 6.71 Å². The summed E-state index contributed by atoms with van der Waals surface area (Å²) in [7, 11) is 0. The van der Waals surface area contributed by atoms with E-state index in [9.17, 15) is 0 Å². The van der Waals surface area contributed by atoms with Crippen molar-refractivity contribution in [1.29, 1.82) is 0 Å². The van der Waals surface area contributed by atoms with Crippen molar-refractivity contribution in [3.8, 4) is 22.3 Å². The fourth-order valence-electron chi connectivity index (χ4n) is 9.43. The zero-order valence-corrected chi connectivity index (χ0v) is 30.2. The molecule has 0 spiro atoms. The third kappa shape index (κ3) is 4.45. The SMILES string of the molecule is CC1(C)c2ccccc2N(B2c3oc4ccccc4c3B(c3ccc(-c4ccccc4-c4ccccc4)cc3)c3oc4ccccc4c32)c2ccccc21. The van der Waals surface area contributed by atoms with E-state index in [1.807, 2.05) is 0 Å². The number of benzene rings is 7. The summed E-state index contributed by atoms with van der Waals surface area (Å²) < 4.78 is 14.2. The number of rotatable bonds is 4. The maximum atomic E-state index is 7.14. The lowest BCUT2D eigenvalue weighted by atomic mass is 9.28. The average Bonchev–Trinajstić information content (AvgIpc) is 3.80. The lowest BCUT2D eigenvalue weighted by Crippen LogP contribution is -2.74. The van der Waals surface area contributed by atoms with Crippen molar-refractivity contribution in [3.05, 3.63) is 187 Å². The fraction of sp³-hybridized carbons (Fsp3) is 0.0612. The molecule has 7 aromatic carbocycles. The molecule has 0 bridgehead atoms. The third-order valence-electron chi connectivity index (χ3n) is 11.9. The van der Waals surface area contributed by atoms with Crippen molar-refractivity contribution in [2.75, 3.05) is 4.81 Å². The van der Waals surface area contributed by atoms with Crippen LogP contribution in [0.3, 0.4) is 0 Å². The highest BCUT2D eigenvalue weighted by Gasteiger charge is 2.51. The molecule has 3 nitrogen and oxygen atoms in total. The molecule has 0 amide bonds. The molecule has 254 valence electrons. The summed E-state index contributed by atoms with van der Waals surface area (Å²) in [4.78, 5) is 2.53. The molecular weight excluding hydrogens is 656 g/mol. The Kier molecular flexibility index (Phi) is 6.79. The number of nitrogens with zero attached hydrogens (tertiary/aromatic N) is 1. The molecule has 2 aliphatic heterocycles. The van der Waals surface area contributed by atoms with Crippen LogP contribution in [0.5, 0.6) is 0 Å². The first-order valence-electron chi connectivity index (χ1n) is 18.8. The predicted molar refractivity (Wildman–Crippen MR) is 227 cm³/mol. The monoisotopic (exact) mass is 691 g/mol. The minimum absolute atomic E-state index is 0.174. The Morgan fingerprint density at radius 2 is 0.926 bits per heavy atom. The molecule has 9 aromatic rings. The van der Waals surface area contributed by atoms with Gasteiger partial charge in [0.2, 0.25) is 0 Å². The molecule has 0 aliphatic carbocycles. The zero-order valence-electron chi connectivity index (χ0n) is 30.2. The van der Waals surface area contributed by atoms with Crippen LogP contribution in [0.4, 0.5) is 11.4 Å². The molecule has 0 fully saturated rings. The van der Waals surface area contributed by atoms with Gasteiger partial charge in [0.05, 0.1) is 11.3 Å². The lowest BCUT2D eigenvalue weighted by molar-refractivity contribution is 0.631. The molecule has 11 rings (SSSR count). The predicted octanol–water partition coefficient (Wildman–Crippen LogP) is 8.93. The molecule has 0 saturated heterocycles. The Morgan fingerprint density at radius 1 is 0.444 bits per heavy atom. The molecular formula is C49H35B2NO2. The highest BCUT2D eigenvalue weighted by Crippen LogP contribution is 2.49. The Balaban J connectivity index is 1.16. The number of hydrogen-bond donors (Lipinski definition) is 0. The summed E-state index contributed by atoms with van der Waals surface area (Å²) in [6, 6.07) is 63.2. The van der Waals surface area contributed by atoms with Crippen LogP contribution in [0.15, 0.2) is 185 Å². The molecule has 4 heterocycles. The quantitative estimate of drug-likeness (QED) is 0.173. The van der Waals surface area contributed by atoms with Gasteiger partial charge in [-0.1, -0.05) is 171 Å². The Bertz CT molecular complexity index is 2830. The second kappa shape index (κ2) is 11.8. The number of anilines is 2. The van der Waals surface area contributed by atoms with Gasteiger partial charge in [0, 0.05) is 27.6 Å². The molecule has 0 unspecified atom stereocenters. The van der Waals surface area contributed by atoms with Crippen LogP contribution in [0, 0.1) is 0 Å². The minimum Gasteiger partial charge on any atom is -0.471 e. The van der Waals surface area contributed by atoms with E-state index in [-0.39, 0.29) is 19.0 Å². The van der Waals surface area contributed by atoms with Crippen LogP contribution in [-0.4, -0.2) is 13.6 Å². The summed E-state index contributed by atoms with van der Waals surface area (Å²) in [6.45, 7) is 4.24. The van der Waals surface area contributed by atoms with Gasteiger partial charge < -0.3 is 13.6 Å². The van der Waals surface area contributed by atoms with E-state index in [4.69, 9.17) is 8.83 Å². The zero-order chi connectivity index (χ0) is 36.0. The molecule has 5 heteroatoms. The van der Waals surface area contributed by atoms with E-state index in [0.29, 0.717) is 0 Å². The van der Waals surface area contributed by atoms with E-state index in [0.717, 1.165) is 38.7 Å². The van der Waals surface area contributed by atoms with Crippen molar-refractivity contribution in [1.82, 2.24) is 0 Å². The van der Waals surface area contributed by atoms with Gasteiger partial charge in [0.1, 0.15) is 11.2 Å². The topological polar surface area (TPSA) is 29.5 Å². The first kappa shape index (κ1) is 31.1. The first-order chi connectivity index (χ1) is 26.6. The van der Waals surface area contributed by atoms with Gasteiger partial charge in [-0.3, -0.25) is 0 Å². The Hall–Kier alpha value is -6.45. The summed E-state index contributed by atoms with van der Waals surface area (Å²) in [5.41, 5.74) is 16.8. The summed E-state index contributed by atoms with van der Waals surface area (Å²) >= 11 is 0. The molecule has 2 aromatic heterocycles. The second-order valence-electron chi connectivity index (χ2n) is 15.2. The molecule has 0 N–H and O–H groups in total. The number of furan rings is 2. The Labute approximate surface area is 315 Å². The third-order valence-corrected chi connectivity index (χ3v) is 11.9. The van der Waals surface area contributed by atoms with Crippen LogP contribution in [-0.2, 0) is 5.41 Å². The van der Waals surface area contributed by atoms with E-state index in [1.165, 1.54) is 55.7 Å². The van der Waals surface area contributed by atoms with Crippen molar-refractivity contribution in [2.24, 2.45) is 0 Å². The summed E-state index contributed by atoms with van der Waals surface area (Å²) in [5, 5.41) is 2.23. The highest BCUT2D eigenvalue weighted by atomic mass is 16.3. The largest absolute Gasteiger partial charge is 0.471 e. The number of fused-ring (bicyclic) bond motifs is 8. The maximum Gasteiger partial charge on any atom is 0.372 e. The first-order valence-corrected chi connectivity index (χ1v) is 18.8. The van der Waals surface area contributed by atoms with Crippen LogP contribution < -0.4 is 32.5 Å². The second-order valence-corrected chi connectivity index (χ2v) is 15.2. The van der Waals surface area contributed by atoms with Crippen LogP contribution in [0.2, 0.25) is 0 Å². The van der Waals surface area contributed by atoms with Crippen molar-refractivity contribution in [2.45, 2.75) is 19.3 Å². The average molecular weight is 691 g/mol. The van der Waals surface area contributed by atoms with Crippen LogP contribution >= 0.6 is 0 Å². The van der Waals surface area contributed by atoms with Gasteiger partial charge in [-0.15, -0.1) is 0 Å². The van der Waals surface area contributed by atoms with Gasteiger partial charge in [-0.05, 0) is 68.6 Å².